The monoisotopic (exact) mass is 347 g/mol. The van der Waals surface area contributed by atoms with E-state index in [4.69, 9.17) is 0 Å². The van der Waals surface area contributed by atoms with Gasteiger partial charge in [0.05, 0.1) is 0 Å². The van der Waals surface area contributed by atoms with Crippen molar-refractivity contribution in [2.24, 2.45) is 10.8 Å². The topological polar surface area (TPSA) is 70.2 Å². The number of rotatable bonds is 8. The summed E-state index contributed by atoms with van der Waals surface area (Å²) >= 11 is 0. The van der Waals surface area contributed by atoms with Gasteiger partial charge in [0.15, 0.2) is 11.6 Å². The molecule has 0 saturated carbocycles. The molecular weight excluding hydrogens is 314 g/mol. The Morgan fingerprint density at radius 2 is 1.12 bits per heavy atom. The van der Waals surface area contributed by atoms with Gasteiger partial charge in [-0.2, -0.15) is 0 Å². The van der Waals surface area contributed by atoms with Gasteiger partial charge < -0.3 is 16.0 Å². The fourth-order valence-electron chi connectivity index (χ4n) is 3.67. The van der Waals surface area contributed by atoms with E-state index in [1.165, 1.54) is 0 Å². The Labute approximate surface area is 151 Å². The second-order valence-electron chi connectivity index (χ2n) is 8.91. The van der Waals surface area contributed by atoms with Crippen molar-refractivity contribution in [2.45, 2.75) is 53.4 Å². The molecule has 0 bridgehead atoms. The zero-order valence-electron chi connectivity index (χ0n) is 16.1. The highest BCUT2D eigenvalue weighted by molar-refractivity contribution is 5.92. The van der Waals surface area contributed by atoms with E-state index in [2.05, 4.69) is 43.6 Å². The fraction of sp³-hybridized carbons (Fsp3) is 0.700. The van der Waals surface area contributed by atoms with Crippen LogP contribution in [-0.2, 0) is 9.59 Å². The maximum absolute atomic E-state index is 11.7. The molecule has 140 valence electrons. The van der Waals surface area contributed by atoms with Crippen LogP contribution in [-0.4, -0.2) is 37.7 Å². The third kappa shape index (κ3) is 7.02. The number of nitrogens with one attached hydrogen (secondary N) is 3. The minimum Gasteiger partial charge on any atom is -0.387 e. The molecular formula is C20H33N3O2. The summed E-state index contributed by atoms with van der Waals surface area (Å²) in [6.45, 7) is 11.8. The molecule has 0 atom stereocenters. The molecule has 0 radical (unpaired) electrons. The molecule has 0 aromatic heterocycles. The molecule has 0 aliphatic heterocycles. The standard InChI is InChI=1S/C20H33N3O2/c1-19(2)11-15(9-17(24)13-19)22-7-5-21-6-8-23-16-10-18(25)14-20(3,4)12-16/h9-10,21-23H,5-8,11-14H2,1-4H3. The average Bonchev–Trinajstić information content (AvgIpc) is 2.41. The largest absolute Gasteiger partial charge is 0.387 e. The number of allylic oxidation sites excluding steroid dienone is 4. The lowest BCUT2D eigenvalue weighted by Gasteiger charge is -2.29. The second kappa shape index (κ2) is 8.17. The number of ketones is 2. The van der Waals surface area contributed by atoms with Gasteiger partial charge in [0.25, 0.3) is 0 Å². The third-order valence-electron chi connectivity index (χ3n) is 4.62. The van der Waals surface area contributed by atoms with Gasteiger partial charge in [-0.1, -0.05) is 27.7 Å². The van der Waals surface area contributed by atoms with Crippen LogP contribution < -0.4 is 16.0 Å². The third-order valence-corrected chi connectivity index (χ3v) is 4.62. The van der Waals surface area contributed by atoms with Gasteiger partial charge in [-0.05, 0) is 23.7 Å². The minimum atomic E-state index is 0.0600. The number of carbonyl (C=O) groups excluding carboxylic acids is 2. The first-order chi connectivity index (χ1) is 11.7. The van der Waals surface area contributed by atoms with Crippen LogP contribution in [0.15, 0.2) is 23.5 Å². The molecule has 5 heteroatoms. The van der Waals surface area contributed by atoms with E-state index in [1.807, 2.05) is 0 Å². The Kier molecular flexibility index (Phi) is 6.44. The SMILES string of the molecule is CC1(C)CC(=O)C=C(NCCNCCNC2=CC(=O)CC(C)(C)C2)C1. The quantitative estimate of drug-likeness (QED) is 0.588. The van der Waals surface area contributed by atoms with E-state index in [-0.39, 0.29) is 22.4 Å². The van der Waals surface area contributed by atoms with E-state index < -0.39 is 0 Å². The molecule has 0 saturated heterocycles. The normalized spacial score (nSPS) is 22.2. The number of hydrogen-bond donors (Lipinski definition) is 3. The van der Waals surface area contributed by atoms with Crippen molar-refractivity contribution in [3.63, 3.8) is 0 Å². The average molecular weight is 348 g/mol. The lowest BCUT2D eigenvalue weighted by molar-refractivity contribution is -0.117. The summed E-state index contributed by atoms with van der Waals surface area (Å²) < 4.78 is 0. The van der Waals surface area contributed by atoms with Crippen molar-refractivity contribution in [3.05, 3.63) is 23.5 Å². The molecule has 0 spiro atoms. The van der Waals surface area contributed by atoms with Crippen LogP contribution >= 0.6 is 0 Å². The maximum Gasteiger partial charge on any atom is 0.157 e. The van der Waals surface area contributed by atoms with Crippen LogP contribution in [0.4, 0.5) is 0 Å². The Bertz CT molecular complexity index is 523. The Morgan fingerprint density at radius 3 is 1.48 bits per heavy atom. The minimum absolute atomic E-state index is 0.0600. The van der Waals surface area contributed by atoms with Crippen molar-refractivity contribution >= 4 is 11.6 Å². The molecule has 0 aromatic carbocycles. The van der Waals surface area contributed by atoms with Crippen molar-refractivity contribution < 1.29 is 9.59 Å². The molecule has 3 N–H and O–H groups in total. The molecule has 0 heterocycles. The van der Waals surface area contributed by atoms with Crippen molar-refractivity contribution in [1.29, 1.82) is 0 Å². The first kappa shape index (κ1) is 19.7. The molecule has 0 fully saturated rings. The van der Waals surface area contributed by atoms with Crippen LogP contribution in [0.25, 0.3) is 0 Å². The highest BCUT2D eigenvalue weighted by Crippen LogP contribution is 2.33. The first-order valence-corrected chi connectivity index (χ1v) is 9.31. The summed E-state index contributed by atoms with van der Waals surface area (Å²) in [7, 11) is 0. The van der Waals surface area contributed by atoms with E-state index >= 15 is 0 Å². The zero-order chi connectivity index (χ0) is 18.5. The lowest BCUT2D eigenvalue weighted by atomic mass is 9.79. The first-order valence-electron chi connectivity index (χ1n) is 9.31. The fourth-order valence-corrected chi connectivity index (χ4v) is 3.67. The molecule has 0 aromatic rings. The summed E-state index contributed by atoms with van der Waals surface area (Å²) in [5.74, 6) is 0.434. The number of carbonyl (C=O) groups is 2. The van der Waals surface area contributed by atoms with Crippen LogP contribution in [0.2, 0.25) is 0 Å². The van der Waals surface area contributed by atoms with Crippen molar-refractivity contribution in [3.8, 4) is 0 Å². The van der Waals surface area contributed by atoms with Crippen molar-refractivity contribution in [2.75, 3.05) is 26.2 Å². The molecule has 0 amide bonds. The van der Waals surface area contributed by atoms with Gasteiger partial charge in [0.2, 0.25) is 0 Å². The molecule has 2 aliphatic rings. The summed E-state index contributed by atoms with van der Waals surface area (Å²) in [4.78, 5) is 23.4. The van der Waals surface area contributed by atoms with E-state index in [9.17, 15) is 9.59 Å². The van der Waals surface area contributed by atoms with Gasteiger partial charge in [0.1, 0.15) is 0 Å². The van der Waals surface area contributed by atoms with Crippen LogP contribution in [0.1, 0.15) is 53.4 Å². The van der Waals surface area contributed by atoms with Gasteiger partial charge in [-0.3, -0.25) is 9.59 Å². The van der Waals surface area contributed by atoms with Gasteiger partial charge in [-0.15, -0.1) is 0 Å². The van der Waals surface area contributed by atoms with Crippen molar-refractivity contribution in [1.82, 2.24) is 16.0 Å². The lowest BCUT2D eigenvalue weighted by Crippen LogP contribution is -2.35. The van der Waals surface area contributed by atoms with Gasteiger partial charge in [0, 0.05) is 62.6 Å². The Balaban J connectivity index is 1.58. The summed E-state index contributed by atoms with van der Waals surface area (Å²) in [6, 6.07) is 0. The molecule has 2 aliphatic carbocycles. The smallest absolute Gasteiger partial charge is 0.157 e. The predicted octanol–water partition coefficient (Wildman–Crippen LogP) is 2.30. The summed E-state index contributed by atoms with van der Waals surface area (Å²) in [6.07, 6.45) is 6.63. The highest BCUT2D eigenvalue weighted by atomic mass is 16.1. The van der Waals surface area contributed by atoms with E-state index in [0.717, 1.165) is 50.4 Å². The molecule has 0 unspecified atom stereocenters. The van der Waals surface area contributed by atoms with E-state index in [1.54, 1.807) is 12.2 Å². The van der Waals surface area contributed by atoms with Crippen LogP contribution in [0, 0.1) is 10.8 Å². The molecule has 5 nitrogen and oxygen atoms in total. The maximum atomic E-state index is 11.7. The van der Waals surface area contributed by atoms with E-state index in [0.29, 0.717) is 12.8 Å². The van der Waals surface area contributed by atoms with Gasteiger partial charge >= 0.3 is 0 Å². The number of hydrogen-bond acceptors (Lipinski definition) is 5. The summed E-state index contributed by atoms with van der Waals surface area (Å²) in [5, 5.41) is 10.1. The second-order valence-corrected chi connectivity index (χ2v) is 8.91. The van der Waals surface area contributed by atoms with Gasteiger partial charge in [-0.25, -0.2) is 0 Å². The predicted molar refractivity (Wildman–Crippen MR) is 101 cm³/mol. The van der Waals surface area contributed by atoms with Crippen LogP contribution in [0.3, 0.4) is 0 Å². The Hall–Kier alpha value is -1.62. The van der Waals surface area contributed by atoms with Crippen LogP contribution in [0.5, 0.6) is 0 Å². The summed E-state index contributed by atoms with van der Waals surface area (Å²) in [5.41, 5.74) is 2.22. The Morgan fingerprint density at radius 1 is 0.720 bits per heavy atom. The highest BCUT2D eigenvalue weighted by Gasteiger charge is 2.28. The molecule has 2 rings (SSSR count). The zero-order valence-corrected chi connectivity index (χ0v) is 16.1. The molecule has 25 heavy (non-hydrogen) atoms.